The number of primary amides is 1. The molecule has 2 amide bonds. The molecule has 0 spiro atoms. The Balaban J connectivity index is 0.000000487. The van der Waals surface area contributed by atoms with Crippen molar-refractivity contribution in [1.82, 2.24) is 4.72 Å². The van der Waals surface area contributed by atoms with Crippen LogP contribution in [-0.2, 0) is 20.6 Å². The molecule has 3 atom stereocenters. The van der Waals surface area contributed by atoms with Crippen LogP contribution in [0.4, 0.5) is 0 Å². The molecule has 0 aromatic rings. The SMILES string of the molecule is CC(N)=O.CCC1CC1C(=O)NS(=O)CC. The molecule has 0 aliphatic heterocycles. The van der Waals surface area contributed by atoms with Gasteiger partial charge < -0.3 is 5.73 Å². The standard InChI is InChI=1S/C8H15NO2S.C2H5NO/c1-3-6-5-7(6)8(10)9-12(11)4-2;1-2(3)4/h6-7H,3-5H2,1-2H3,(H,9,10);1H3,(H2,3,4). The second kappa shape index (κ2) is 7.38. The van der Waals surface area contributed by atoms with Gasteiger partial charge in [0.15, 0.2) is 0 Å². The van der Waals surface area contributed by atoms with Gasteiger partial charge in [-0.25, -0.2) is 4.21 Å². The zero-order valence-corrected chi connectivity index (χ0v) is 10.8. The van der Waals surface area contributed by atoms with Crippen molar-refractivity contribution in [3.05, 3.63) is 0 Å². The van der Waals surface area contributed by atoms with E-state index in [1.54, 1.807) is 6.92 Å². The number of hydrogen-bond donors (Lipinski definition) is 2. The van der Waals surface area contributed by atoms with Crippen LogP contribution in [0, 0.1) is 11.8 Å². The minimum Gasteiger partial charge on any atom is -0.370 e. The first-order valence-corrected chi connectivity index (χ1v) is 6.69. The van der Waals surface area contributed by atoms with E-state index < -0.39 is 11.0 Å². The molecule has 3 N–H and O–H groups in total. The van der Waals surface area contributed by atoms with Crippen LogP contribution in [0.1, 0.15) is 33.6 Å². The Morgan fingerprint density at radius 1 is 1.44 bits per heavy atom. The predicted molar refractivity (Wildman–Crippen MR) is 63.6 cm³/mol. The van der Waals surface area contributed by atoms with Gasteiger partial charge in [-0.1, -0.05) is 20.3 Å². The van der Waals surface area contributed by atoms with Gasteiger partial charge >= 0.3 is 0 Å². The third-order valence-electron chi connectivity index (χ3n) is 2.26. The number of nitrogens with two attached hydrogens (primary N) is 1. The zero-order chi connectivity index (χ0) is 12.7. The summed E-state index contributed by atoms with van der Waals surface area (Å²) in [5.74, 6) is 0.821. The van der Waals surface area contributed by atoms with Gasteiger partial charge in [-0.15, -0.1) is 0 Å². The summed E-state index contributed by atoms with van der Waals surface area (Å²) in [6.45, 7) is 5.18. The van der Waals surface area contributed by atoms with E-state index in [-0.39, 0.29) is 17.7 Å². The molecule has 3 unspecified atom stereocenters. The van der Waals surface area contributed by atoms with Crippen molar-refractivity contribution in [3.63, 3.8) is 0 Å². The van der Waals surface area contributed by atoms with Crippen LogP contribution in [0.25, 0.3) is 0 Å². The Hall–Kier alpha value is -0.910. The number of rotatable bonds is 4. The average molecular weight is 248 g/mol. The molecule has 0 saturated heterocycles. The molecule has 0 aromatic heterocycles. The predicted octanol–water partition coefficient (Wildman–Crippen LogP) is 0.324. The fraction of sp³-hybridized carbons (Fsp3) is 0.800. The van der Waals surface area contributed by atoms with Crippen LogP contribution in [0.3, 0.4) is 0 Å². The van der Waals surface area contributed by atoms with E-state index in [2.05, 4.69) is 17.4 Å². The van der Waals surface area contributed by atoms with E-state index in [1.165, 1.54) is 6.92 Å². The van der Waals surface area contributed by atoms with Crippen molar-refractivity contribution in [1.29, 1.82) is 0 Å². The highest BCUT2D eigenvalue weighted by atomic mass is 32.2. The second-order valence-electron chi connectivity index (χ2n) is 3.72. The Labute approximate surface area is 98.7 Å². The van der Waals surface area contributed by atoms with Gasteiger partial charge in [0.2, 0.25) is 11.8 Å². The van der Waals surface area contributed by atoms with Crippen LogP contribution in [0.5, 0.6) is 0 Å². The van der Waals surface area contributed by atoms with Crippen molar-refractivity contribution in [2.45, 2.75) is 33.6 Å². The molecule has 0 bridgehead atoms. The monoisotopic (exact) mass is 248 g/mol. The molecule has 1 aliphatic carbocycles. The van der Waals surface area contributed by atoms with Gasteiger partial charge in [-0.05, 0) is 12.3 Å². The summed E-state index contributed by atoms with van der Waals surface area (Å²) in [5, 5.41) is 0. The van der Waals surface area contributed by atoms with Gasteiger partial charge in [0.1, 0.15) is 11.0 Å². The average Bonchev–Trinajstić information content (AvgIpc) is 2.95. The lowest BCUT2D eigenvalue weighted by Crippen LogP contribution is -2.28. The maximum Gasteiger partial charge on any atom is 0.235 e. The molecule has 1 rings (SSSR count). The van der Waals surface area contributed by atoms with Crippen molar-refractivity contribution in [3.8, 4) is 0 Å². The molecule has 94 valence electrons. The van der Waals surface area contributed by atoms with Gasteiger partial charge in [0.05, 0.1) is 0 Å². The molecule has 0 radical (unpaired) electrons. The fourth-order valence-corrected chi connectivity index (χ4v) is 1.80. The van der Waals surface area contributed by atoms with E-state index >= 15 is 0 Å². The van der Waals surface area contributed by atoms with Gasteiger partial charge in [0.25, 0.3) is 0 Å². The molecule has 1 fully saturated rings. The van der Waals surface area contributed by atoms with E-state index in [0.29, 0.717) is 11.7 Å². The molecule has 6 heteroatoms. The van der Waals surface area contributed by atoms with E-state index in [4.69, 9.17) is 0 Å². The normalized spacial score (nSPS) is 23.7. The molecule has 0 heterocycles. The minimum absolute atomic E-state index is 0.0259. The van der Waals surface area contributed by atoms with E-state index in [0.717, 1.165) is 12.8 Å². The first-order chi connectivity index (χ1) is 7.42. The Morgan fingerprint density at radius 2 is 1.94 bits per heavy atom. The fourth-order valence-electron chi connectivity index (χ4n) is 1.28. The molecule has 16 heavy (non-hydrogen) atoms. The largest absolute Gasteiger partial charge is 0.370 e. The number of carbonyl (C=O) groups is 2. The summed E-state index contributed by atoms with van der Waals surface area (Å²) in [4.78, 5) is 20.5. The Kier molecular flexibility index (Phi) is 6.96. The maximum absolute atomic E-state index is 11.2. The molecule has 5 nitrogen and oxygen atoms in total. The van der Waals surface area contributed by atoms with Crippen molar-refractivity contribution in [2.24, 2.45) is 17.6 Å². The van der Waals surface area contributed by atoms with E-state index in [9.17, 15) is 13.8 Å². The summed E-state index contributed by atoms with van der Waals surface area (Å²) in [7, 11) is -1.15. The molecular weight excluding hydrogens is 228 g/mol. The summed E-state index contributed by atoms with van der Waals surface area (Å²) in [6, 6.07) is 0. The topological polar surface area (TPSA) is 89.3 Å². The maximum atomic E-state index is 11.2. The number of nitrogens with one attached hydrogen (secondary N) is 1. The Bertz CT molecular complexity index is 277. The zero-order valence-electron chi connectivity index (χ0n) is 9.99. The van der Waals surface area contributed by atoms with Gasteiger partial charge in [0, 0.05) is 18.6 Å². The quantitative estimate of drug-likeness (QED) is 0.751. The number of carbonyl (C=O) groups excluding carboxylic acids is 2. The molecule has 1 aliphatic rings. The lowest BCUT2D eigenvalue weighted by molar-refractivity contribution is -0.120. The van der Waals surface area contributed by atoms with E-state index in [1.807, 2.05) is 0 Å². The highest BCUT2D eigenvalue weighted by molar-refractivity contribution is 7.83. The van der Waals surface area contributed by atoms with Crippen LogP contribution < -0.4 is 10.5 Å². The first-order valence-electron chi connectivity index (χ1n) is 5.37. The minimum atomic E-state index is -1.15. The first kappa shape index (κ1) is 15.1. The van der Waals surface area contributed by atoms with Crippen LogP contribution in [0.15, 0.2) is 0 Å². The van der Waals surface area contributed by atoms with Crippen molar-refractivity contribution < 1.29 is 13.8 Å². The highest BCUT2D eigenvalue weighted by Crippen LogP contribution is 2.40. The lowest BCUT2D eigenvalue weighted by atomic mass is 10.2. The lowest BCUT2D eigenvalue weighted by Gasteiger charge is -2.00. The van der Waals surface area contributed by atoms with Crippen LogP contribution in [0.2, 0.25) is 0 Å². The van der Waals surface area contributed by atoms with Crippen LogP contribution >= 0.6 is 0 Å². The van der Waals surface area contributed by atoms with Crippen LogP contribution in [-0.4, -0.2) is 21.8 Å². The smallest absolute Gasteiger partial charge is 0.235 e. The number of hydrogen-bond acceptors (Lipinski definition) is 3. The summed E-state index contributed by atoms with van der Waals surface area (Å²) in [5.41, 5.74) is 4.47. The number of amides is 2. The molecular formula is C10H20N2O3S. The van der Waals surface area contributed by atoms with Gasteiger partial charge in [-0.3, -0.25) is 14.3 Å². The van der Waals surface area contributed by atoms with Crippen molar-refractivity contribution >= 4 is 22.8 Å². The van der Waals surface area contributed by atoms with Crippen molar-refractivity contribution in [2.75, 3.05) is 5.75 Å². The Morgan fingerprint density at radius 3 is 2.25 bits per heavy atom. The molecule has 1 saturated carbocycles. The summed E-state index contributed by atoms with van der Waals surface area (Å²) >= 11 is 0. The third kappa shape index (κ3) is 6.55. The molecule has 0 aromatic carbocycles. The third-order valence-corrected chi connectivity index (χ3v) is 3.21. The second-order valence-corrected chi connectivity index (χ2v) is 5.19. The van der Waals surface area contributed by atoms with Gasteiger partial charge in [-0.2, -0.15) is 0 Å². The summed E-state index contributed by atoms with van der Waals surface area (Å²) < 4.78 is 13.4. The summed E-state index contributed by atoms with van der Waals surface area (Å²) in [6.07, 6.45) is 2.03. The highest BCUT2D eigenvalue weighted by Gasteiger charge is 2.41.